The second-order valence-electron chi connectivity index (χ2n) is 3.08. The Hall–Kier alpha value is -0.897. The molecule has 0 heterocycles. The van der Waals surface area contributed by atoms with Crippen molar-refractivity contribution in [1.82, 2.24) is 0 Å². The predicted octanol–water partition coefficient (Wildman–Crippen LogP) is 2.35. The number of hydrogen-bond acceptors (Lipinski definition) is 4. The van der Waals surface area contributed by atoms with Crippen LogP contribution in [0.2, 0.25) is 0 Å². The second kappa shape index (κ2) is 8.23. The summed E-state index contributed by atoms with van der Waals surface area (Å²) in [6.45, 7) is 0. The van der Waals surface area contributed by atoms with Crippen LogP contribution in [0, 0.1) is 0 Å². The van der Waals surface area contributed by atoms with Gasteiger partial charge in [-0.25, -0.2) is 0 Å². The Kier molecular flexibility index (Phi) is 7.80. The van der Waals surface area contributed by atoms with Gasteiger partial charge in [0.2, 0.25) is 0 Å². The van der Waals surface area contributed by atoms with Crippen molar-refractivity contribution < 1.29 is 19.5 Å². The molecule has 17 heavy (non-hydrogen) atoms. The summed E-state index contributed by atoms with van der Waals surface area (Å²) in [5, 5.41) is 0. The molecule has 0 amide bonds. The molecule has 0 atom stereocenters. The van der Waals surface area contributed by atoms with Crippen molar-refractivity contribution in [2.75, 3.05) is 11.5 Å². The van der Waals surface area contributed by atoms with Gasteiger partial charge in [-0.3, -0.25) is 0 Å². The van der Waals surface area contributed by atoms with Gasteiger partial charge in [0.25, 0.3) is 0 Å². The minimum absolute atomic E-state index is 0. The zero-order chi connectivity index (χ0) is 12.0. The quantitative estimate of drug-likeness (QED) is 0.445. The van der Waals surface area contributed by atoms with Gasteiger partial charge in [0.1, 0.15) is 0 Å². The van der Waals surface area contributed by atoms with Crippen LogP contribution >= 0.6 is 0 Å². The summed E-state index contributed by atoms with van der Waals surface area (Å²) in [6.07, 6.45) is 0. The van der Waals surface area contributed by atoms with Crippen molar-refractivity contribution >= 4 is 36.6 Å². The van der Waals surface area contributed by atoms with Gasteiger partial charge in [-0.05, 0) is 12.1 Å². The third-order valence-electron chi connectivity index (χ3n) is 1.84. The van der Waals surface area contributed by atoms with Crippen LogP contribution in [0.4, 0.5) is 11.4 Å². The Labute approximate surface area is 125 Å². The van der Waals surface area contributed by atoms with E-state index >= 15 is 0 Å². The molecule has 84 valence electrons. The van der Waals surface area contributed by atoms with Crippen molar-refractivity contribution in [1.29, 1.82) is 0 Å². The van der Waals surface area contributed by atoms with Crippen LogP contribution in [0.3, 0.4) is 0 Å². The van der Waals surface area contributed by atoms with Gasteiger partial charge in [0, 0.05) is 11.4 Å². The maximum Gasteiger partial charge on any atom is 2.00 e. The Balaban J connectivity index is 0.000000284. The van der Waals surface area contributed by atoms with E-state index in [4.69, 9.17) is 36.7 Å². The standard InChI is InChI=1S/2C6H7NS.Zn/c2*7-5-3-1-2-4-6(5)8;/h2*1-4,8H,7H2;/q;;+2/p-2. The third-order valence-corrected chi connectivity index (χ3v) is 2.58. The van der Waals surface area contributed by atoms with Crippen LogP contribution < -0.4 is 11.5 Å². The first-order valence-electron chi connectivity index (χ1n) is 4.64. The topological polar surface area (TPSA) is 52.0 Å². The van der Waals surface area contributed by atoms with Gasteiger partial charge in [-0.1, -0.05) is 36.4 Å². The van der Waals surface area contributed by atoms with E-state index < -0.39 is 0 Å². The van der Waals surface area contributed by atoms with Crippen LogP contribution in [-0.4, -0.2) is 0 Å². The fourth-order valence-corrected chi connectivity index (χ4v) is 1.25. The molecule has 4 N–H and O–H groups in total. The fourth-order valence-electron chi connectivity index (χ4n) is 0.961. The zero-order valence-electron chi connectivity index (χ0n) is 9.30. The minimum atomic E-state index is 0. The zero-order valence-corrected chi connectivity index (χ0v) is 13.9. The van der Waals surface area contributed by atoms with E-state index in [1.165, 1.54) is 0 Å². The van der Waals surface area contributed by atoms with E-state index in [1.54, 1.807) is 12.1 Å². The molecule has 5 heteroatoms. The largest absolute Gasteiger partial charge is 2.00 e. The van der Waals surface area contributed by atoms with Gasteiger partial charge in [0.05, 0.1) is 0 Å². The maximum atomic E-state index is 5.42. The Morgan fingerprint density at radius 3 is 1.12 bits per heavy atom. The summed E-state index contributed by atoms with van der Waals surface area (Å²) in [6, 6.07) is 14.7. The van der Waals surface area contributed by atoms with Crippen molar-refractivity contribution in [3.63, 3.8) is 0 Å². The first kappa shape index (κ1) is 16.1. The molecule has 0 aromatic heterocycles. The molecule has 2 nitrogen and oxygen atoms in total. The molecule has 0 aliphatic carbocycles. The molecular formula is C12H12N2S2Zn. The molecule has 2 aromatic carbocycles. The summed E-state index contributed by atoms with van der Waals surface area (Å²) < 4.78 is 0. The first-order chi connectivity index (χ1) is 7.61. The van der Waals surface area contributed by atoms with Crippen LogP contribution in [0.25, 0.3) is 0 Å². The monoisotopic (exact) mass is 312 g/mol. The van der Waals surface area contributed by atoms with Crippen LogP contribution in [-0.2, 0) is 44.7 Å². The summed E-state index contributed by atoms with van der Waals surface area (Å²) in [7, 11) is 0. The first-order valence-corrected chi connectivity index (χ1v) is 5.46. The molecule has 0 aliphatic heterocycles. The van der Waals surface area contributed by atoms with Gasteiger partial charge in [-0.15, -0.1) is 0 Å². The van der Waals surface area contributed by atoms with Gasteiger partial charge in [0.15, 0.2) is 0 Å². The van der Waals surface area contributed by atoms with Crippen molar-refractivity contribution in [2.45, 2.75) is 9.79 Å². The smallest absolute Gasteiger partial charge is 0.778 e. The summed E-state index contributed by atoms with van der Waals surface area (Å²) >= 11 is 9.66. The SMILES string of the molecule is Nc1ccccc1[S-].Nc1ccccc1[S-].[Zn+2]. The van der Waals surface area contributed by atoms with E-state index in [0.717, 1.165) is 9.79 Å². The number of rotatable bonds is 0. The van der Waals surface area contributed by atoms with Crippen LogP contribution in [0.5, 0.6) is 0 Å². The number of anilines is 2. The average Bonchev–Trinajstić information content (AvgIpc) is 2.28. The minimum Gasteiger partial charge on any atom is -0.778 e. The summed E-state index contributed by atoms with van der Waals surface area (Å²) in [4.78, 5) is 1.46. The molecule has 0 spiro atoms. The number of para-hydroxylation sites is 2. The molecule has 0 bridgehead atoms. The predicted molar refractivity (Wildman–Crippen MR) is 73.0 cm³/mol. The molecule has 0 unspecified atom stereocenters. The van der Waals surface area contributed by atoms with Gasteiger partial charge < -0.3 is 36.7 Å². The molecule has 0 saturated carbocycles. The maximum absolute atomic E-state index is 5.42. The number of nitrogen functional groups attached to an aromatic ring is 2. The molecule has 0 aliphatic rings. The number of hydrogen-bond donors (Lipinski definition) is 2. The second-order valence-corrected chi connectivity index (χ2v) is 3.96. The Morgan fingerprint density at radius 2 is 0.941 bits per heavy atom. The molecule has 2 aromatic rings. The van der Waals surface area contributed by atoms with Gasteiger partial charge in [-0.2, -0.15) is 9.79 Å². The molecule has 2 rings (SSSR count). The van der Waals surface area contributed by atoms with E-state index in [-0.39, 0.29) is 19.5 Å². The molecule has 0 fully saturated rings. The van der Waals surface area contributed by atoms with Crippen molar-refractivity contribution in [3.05, 3.63) is 48.5 Å². The Bertz CT molecular complexity index is 378. The normalized spacial score (nSPS) is 8.47. The summed E-state index contributed by atoms with van der Waals surface area (Å²) in [5.41, 5.74) is 12.2. The Morgan fingerprint density at radius 1 is 0.647 bits per heavy atom. The molecule has 0 saturated heterocycles. The van der Waals surface area contributed by atoms with Crippen LogP contribution in [0.15, 0.2) is 58.3 Å². The fraction of sp³-hybridized carbons (Fsp3) is 0. The van der Waals surface area contributed by atoms with E-state index in [1.807, 2.05) is 36.4 Å². The average molecular weight is 314 g/mol. The van der Waals surface area contributed by atoms with E-state index in [2.05, 4.69) is 0 Å². The molecule has 0 radical (unpaired) electrons. The third kappa shape index (κ3) is 5.82. The van der Waals surface area contributed by atoms with Crippen LogP contribution in [0.1, 0.15) is 0 Å². The van der Waals surface area contributed by atoms with E-state index in [9.17, 15) is 0 Å². The van der Waals surface area contributed by atoms with Gasteiger partial charge >= 0.3 is 19.5 Å². The number of benzene rings is 2. The van der Waals surface area contributed by atoms with Crippen molar-refractivity contribution in [2.24, 2.45) is 0 Å². The molecular weight excluding hydrogens is 302 g/mol. The van der Waals surface area contributed by atoms with E-state index in [0.29, 0.717) is 11.4 Å². The summed E-state index contributed by atoms with van der Waals surface area (Å²) in [5.74, 6) is 0. The number of nitrogens with two attached hydrogens (primary N) is 2. The van der Waals surface area contributed by atoms with Crippen molar-refractivity contribution in [3.8, 4) is 0 Å².